The molecule has 0 saturated carbocycles. The van der Waals surface area contributed by atoms with Crippen LogP contribution < -0.4 is 4.74 Å². The number of carbonyl (C=O) groups is 1. The van der Waals surface area contributed by atoms with Crippen molar-refractivity contribution in [2.24, 2.45) is 5.92 Å². The molecule has 1 aromatic carbocycles. The number of amides is 1. The van der Waals surface area contributed by atoms with Crippen molar-refractivity contribution in [1.29, 1.82) is 0 Å². The lowest BCUT2D eigenvalue weighted by molar-refractivity contribution is -0.130. The molecule has 2 rings (SSSR count). The molecule has 3 heteroatoms. The second kappa shape index (κ2) is 7.13. The number of rotatable bonds is 6. The minimum absolute atomic E-state index is 0.203. The van der Waals surface area contributed by atoms with Gasteiger partial charge < -0.3 is 9.64 Å². The van der Waals surface area contributed by atoms with Gasteiger partial charge in [-0.3, -0.25) is 4.79 Å². The first-order valence-electron chi connectivity index (χ1n) is 7.25. The van der Waals surface area contributed by atoms with E-state index in [1.165, 1.54) is 5.56 Å². The number of hydrogen-bond acceptors (Lipinski definition) is 2. The second-order valence-electron chi connectivity index (χ2n) is 5.45. The fourth-order valence-electron chi connectivity index (χ4n) is 2.31. The Balaban J connectivity index is 1.68. The largest absolute Gasteiger partial charge is 0.492 e. The van der Waals surface area contributed by atoms with Crippen LogP contribution in [0.1, 0.15) is 24.8 Å². The van der Waals surface area contributed by atoms with E-state index < -0.39 is 0 Å². The maximum Gasteiger partial charge on any atom is 0.223 e. The summed E-state index contributed by atoms with van der Waals surface area (Å²) in [6, 6.07) is 7.97. The van der Waals surface area contributed by atoms with Gasteiger partial charge in [0.05, 0.1) is 6.54 Å². The average Bonchev–Trinajstić information content (AvgIpc) is 2.93. The number of benzene rings is 1. The molecule has 0 aromatic heterocycles. The molecule has 1 aliphatic rings. The maximum atomic E-state index is 12.0. The summed E-state index contributed by atoms with van der Waals surface area (Å²) in [5.74, 6) is 1.49. The van der Waals surface area contributed by atoms with Gasteiger partial charge in [-0.2, -0.15) is 0 Å². The molecule has 0 unspecified atom stereocenters. The average molecular weight is 273 g/mol. The van der Waals surface area contributed by atoms with E-state index in [0.717, 1.165) is 18.6 Å². The van der Waals surface area contributed by atoms with Gasteiger partial charge in [-0.1, -0.05) is 29.8 Å². The molecular formula is C17H23NO2. The van der Waals surface area contributed by atoms with E-state index >= 15 is 0 Å². The van der Waals surface area contributed by atoms with E-state index in [4.69, 9.17) is 4.74 Å². The van der Waals surface area contributed by atoms with Crippen molar-refractivity contribution >= 4 is 5.91 Å². The topological polar surface area (TPSA) is 29.5 Å². The van der Waals surface area contributed by atoms with Crippen molar-refractivity contribution in [2.75, 3.05) is 20.2 Å². The highest BCUT2D eigenvalue weighted by molar-refractivity contribution is 5.76. The van der Waals surface area contributed by atoms with Crippen LogP contribution in [0, 0.1) is 12.8 Å². The van der Waals surface area contributed by atoms with Crippen LogP contribution >= 0.6 is 0 Å². The van der Waals surface area contributed by atoms with Gasteiger partial charge in [0.1, 0.15) is 12.4 Å². The van der Waals surface area contributed by atoms with Gasteiger partial charge in [-0.05, 0) is 37.8 Å². The van der Waals surface area contributed by atoms with Crippen LogP contribution in [-0.2, 0) is 4.79 Å². The fourth-order valence-corrected chi connectivity index (χ4v) is 2.31. The molecule has 0 heterocycles. The molecule has 0 fully saturated rings. The Morgan fingerprint density at radius 2 is 2.10 bits per heavy atom. The van der Waals surface area contributed by atoms with E-state index in [0.29, 0.717) is 25.5 Å². The molecule has 0 N–H and O–H groups in total. The number of likely N-dealkylation sites (N-methyl/N-ethyl adjacent to an activating group) is 1. The normalized spacial score (nSPS) is 17.2. The van der Waals surface area contributed by atoms with Crippen molar-refractivity contribution in [2.45, 2.75) is 26.2 Å². The molecule has 0 bridgehead atoms. The summed E-state index contributed by atoms with van der Waals surface area (Å²) >= 11 is 0. The first kappa shape index (κ1) is 14.6. The monoisotopic (exact) mass is 273 g/mol. The predicted molar refractivity (Wildman–Crippen MR) is 80.8 cm³/mol. The van der Waals surface area contributed by atoms with Crippen LogP contribution in [0.2, 0.25) is 0 Å². The minimum atomic E-state index is 0.203. The Labute approximate surface area is 121 Å². The van der Waals surface area contributed by atoms with Crippen molar-refractivity contribution in [3.8, 4) is 5.75 Å². The predicted octanol–water partition coefficient (Wildman–Crippen LogP) is 3.19. The summed E-state index contributed by atoms with van der Waals surface area (Å²) in [6.07, 6.45) is 7.17. The number of aryl methyl sites for hydroxylation is 1. The van der Waals surface area contributed by atoms with Gasteiger partial charge in [-0.25, -0.2) is 0 Å². The number of nitrogens with zero attached hydrogens (tertiary/aromatic N) is 1. The summed E-state index contributed by atoms with van der Waals surface area (Å²) in [5, 5.41) is 0. The van der Waals surface area contributed by atoms with Crippen LogP contribution in [0.4, 0.5) is 0 Å². The highest BCUT2D eigenvalue weighted by Gasteiger charge is 2.16. The van der Waals surface area contributed by atoms with E-state index in [9.17, 15) is 4.79 Å². The lowest BCUT2D eigenvalue weighted by atomic mass is 10.0. The summed E-state index contributed by atoms with van der Waals surface area (Å²) in [6.45, 7) is 3.21. The van der Waals surface area contributed by atoms with E-state index in [-0.39, 0.29) is 5.91 Å². The first-order chi connectivity index (χ1) is 9.65. The van der Waals surface area contributed by atoms with Gasteiger partial charge in [0, 0.05) is 13.5 Å². The third-order valence-corrected chi connectivity index (χ3v) is 3.69. The number of ether oxygens (including phenoxy) is 1. The lowest BCUT2D eigenvalue weighted by Gasteiger charge is -2.19. The Bertz CT molecular complexity index is 464. The minimum Gasteiger partial charge on any atom is -0.492 e. The van der Waals surface area contributed by atoms with Crippen LogP contribution in [0.5, 0.6) is 5.75 Å². The quantitative estimate of drug-likeness (QED) is 0.745. The Kier molecular flexibility index (Phi) is 5.22. The van der Waals surface area contributed by atoms with Gasteiger partial charge in [0.15, 0.2) is 0 Å². The van der Waals surface area contributed by atoms with Gasteiger partial charge in [-0.15, -0.1) is 0 Å². The zero-order valence-electron chi connectivity index (χ0n) is 12.3. The number of allylic oxidation sites excluding steroid dienone is 2. The highest BCUT2D eigenvalue weighted by atomic mass is 16.5. The third kappa shape index (κ3) is 4.41. The molecule has 108 valence electrons. The van der Waals surface area contributed by atoms with E-state index in [1.807, 2.05) is 38.2 Å². The fraction of sp³-hybridized carbons (Fsp3) is 0.471. The van der Waals surface area contributed by atoms with Crippen molar-refractivity contribution in [3.63, 3.8) is 0 Å². The van der Waals surface area contributed by atoms with E-state index in [1.54, 1.807) is 4.90 Å². The summed E-state index contributed by atoms with van der Waals surface area (Å²) in [7, 11) is 1.85. The smallest absolute Gasteiger partial charge is 0.223 e. The SMILES string of the molecule is Cc1ccc(OCCN(C)C(=O)C[C@@H]2C=CCC2)cc1. The summed E-state index contributed by atoms with van der Waals surface area (Å²) in [4.78, 5) is 13.8. The molecule has 0 spiro atoms. The van der Waals surface area contributed by atoms with Crippen LogP contribution in [0.3, 0.4) is 0 Å². The summed E-state index contributed by atoms with van der Waals surface area (Å²) < 4.78 is 5.64. The van der Waals surface area contributed by atoms with Crippen molar-refractivity contribution < 1.29 is 9.53 Å². The second-order valence-corrected chi connectivity index (χ2v) is 5.45. The lowest BCUT2D eigenvalue weighted by Crippen LogP contribution is -2.31. The van der Waals surface area contributed by atoms with Crippen LogP contribution in [0.25, 0.3) is 0 Å². The molecule has 1 aromatic rings. The Morgan fingerprint density at radius 1 is 1.35 bits per heavy atom. The number of hydrogen-bond donors (Lipinski definition) is 0. The molecule has 0 radical (unpaired) electrons. The molecule has 1 aliphatic carbocycles. The van der Waals surface area contributed by atoms with Crippen molar-refractivity contribution in [1.82, 2.24) is 4.90 Å². The zero-order chi connectivity index (χ0) is 14.4. The Morgan fingerprint density at radius 3 is 2.75 bits per heavy atom. The molecule has 1 atom stereocenters. The Hall–Kier alpha value is -1.77. The first-order valence-corrected chi connectivity index (χ1v) is 7.25. The van der Waals surface area contributed by atoms with Gasteiger partial charge in [0.25, 0.3) is 0 Å². The highest BCUT2D eigenvalue weighted by Crippen LogP contribution is 2.20. The molecule has 1 amide bonds. The summed E-state index contributed by atoms with van der Waals surface area (Å²) in [5.41, 5.74) is 1.22. The molecule has 0 saturated heterocycles. The van der Waals surface area contributed by atoms with Crippen LogP contribution in [-0.4, -0.2) is 31.0 Å². The van der Waals surface area contributed by atoms with Crippen molar-refractivity contribution in [3.05, 3.63) is 42.0 Å². The molecule has 20 heavy (non-hydrogen) atoms. The van der Waals surface area contributed by atoms with E-state index in [2.05, 4.69) is 12.2 Å². The molecule has 3 nitrogen and oxygen atoms in total. The van der Waals surface area contributed by atoms with Gasteiger partial charge in [0.2, 0.25) is 5.91 Å². The van der Waals surface area contributed by atoms with Gasteiger partial charge >= 0.3 is 0 Å². The molecule has 0 aliphatic heterocycles. The third-order valence-electron chi connectivity index (χ3n) is 3.69. The standard InChI is InChI=1S/C17H23NO2/c1-14-7-9-16(10-8-14)20-12-11-18(2)17(19)13-15-5-3-4-6-15/h3,5,7-10,15H,4,6,11-13H2,1-2H3/t15-/m1/s1. The maximum absolute atomic E-state index is 12.0. The molecular weight excluding hydrogens is 250 g/mol. The zero-order valence-corrected chi connectivity index (χ0v) is 12.3. The number of carbonyl (C=O) groups excluding carboxylic acids is 1. The van der Waals surface area contributed by atoms with Crippen LogP contribution in [0.15, 0.2) is 36.4 Å².